The minimum absolute atomic E-state index is 0.0509. The highest BCUT2D eigenvalue weighted by atomic mass is 19.1. The summed E-state index contributed by atoms with van der Waals surface area (Å²) in [7, 11) is 0. The van der Waals surface area contributed by atoms with Crippen molar-refractivity contribution in [2.45, 2.75) is 25.7 Å². The van der Waals surface area contributed by atoms with Crippen LogP contribution in [0.15, 0.2) is 18.2 Å². The highest BCUT2D eigenvalue weighted by Crippen LogP contribution is 2.64. The molecule has 0 bridgehead atoms. The van der Waals surface area contributed by atoms with Gasteiger partial charge in [0.1, 0.15) is 17.0 Å². The Bertz CT molecular complexity index is 468. The van der Waals surface area contributed by atoms with Crippen molar-refractivity contribution in [2.75, 3.05) is 0 Å². The molecule has 0 aromatic heterocycles. The third-order valence-electron chi connectivity index (χ3n) is 3.49. The molecule has 1 aliphatic rings. The first-order valence-electron chi connectivity index (χ1n) is 5.00. The van der Waals surface area contributed by atoms with Crippen molar-refractivity contribution in [1.29, 1.82) is 0 Å². The maximum absolute atomic E-state index is 13.6. The van der Waals surface area contributed by atoms with E-state index in [4.69, 9.17) is 0 Å². The van der Waals surface area contributed by atoms with Crippen molar-refractivity contribution in [2.24, 2.45) is 5.41 Å². The molecule has 16 heavy (non-hydrogen) atoms. The number of halogens is 2. The minimum Gasteiger partial charge on any atom is -0.481 e. The molecular formula is C12H12F2O2. The van der Waals surface area contributed by atoms with Crippen molar-refractivity contribution in [1.82, 2.24) is 0 Å². The molecular weight excluding hydrogens is 214 g/mol. The zero-order valence-corrected chi connectivity index (χ0v) is 9.05. The quantitative estimate of drug-likeness (QED) is 0.841. The van der Waals surface area contributed by atoms with Gasteiger partial charge in [0.2, 0.25) is 0 Å². The van der Waals surface area contributed by atoms with Crippen LogP contribution in [-0.4, -0.2) is 11.1 Å². The topological polar surface area (TPSA) is 37.3 Å². The maximum atomic E-state index is 13.6. The second-order valence-electron chi connectivity index (χ2n) is 4.90. The first kappa shape index (κ1) is 11.0. The second kappa shape index (κ2) is 3.03. The summed E-state index contributed by atoms with van der Waals surface area (Å²) in [5.74, 6) is -2.36. The Kier molecular flexibility index (Phi) is 2.09. The van der Waals surface area contributed by atoms with Crippen LogP contribution in [0, 0.1) is 17.0 Å². The Morgan fingerprint density at radius 1 is 1.38 bits per heavy atom. The van der Waals surface area contributed by atoms with Crippen molar-refractivity contribution in [3.63, 3.8) is 0 Å². The van der Waals surface area contributed by atoms with Crippen molar-refractivity contribution >= 4 is 5.97 Å². The van der Waals surface area contributed by atoms with Gasteiger partial charge in [0, 0.05) is 5.56 Å². The molecule has 86 valence electrons. The lowest BCUT2D eigenvalue weighted by Crippen LogP contribution is -2.26. The predicted molar refractivity (Wildman–Crippen MR) is 54.1 cm³/mol. The normalized spacial score (nSPS) is 26.5. The molecule has 1 atom stereocenters. The molecule has 0 spiro atoms. The number of carboxylic acid groups (broad SMARTS) is 1. The number of hydrogen-bond donors (Lipinski definition) is 1. The van der Waals surface area contributed by atoms with Crippen LogP contribution in [0.2, 0.25) is 0 Å². The molecule has 4 heteroatoms. The monoisotopic (exact) mass is 226 g/mol. The molecule has 0 amide bonds. The first-order chi connectivity index (χ1) is 7.31. The van der Waals surface area contributed by atoms with E-state index in [2.05, 4.69) is 0 Å². The van der Waals surface area contributed by atoms with Gasteiger partial charge in [0.15, 0.2) is 0 Å². The smallest absolute Gasteiger partial charge is 0.314 e. The van der Waals surface area contributed by atoms with E-state index in [1.807, 2.05) is 0 Å². The van der Waals surface area contributed by atoms with Crippen molar-refractivity contribution in [3.8, 4) is 0 Å². The van der Waals surface area contributed by atoms with E-state index >= 15 is 0 Å². The maximum Gasteiger partial charge on any atom is 0.314 e. The van der Waals surface area contributed by atoms with Gasteiger partial charge in [0.25, 0.3) is 0 Å². The SMILES string of the molecule is CC1(C)CC1(C(=O)O)c1cc(F)ccc1F. The number of benzene rings is 1. The van der Waals surface area contributed by atoms with Crippen LogP contribution in [0.4, 0.5) is 8.78 Å². The molecule has 0 saturated heterocycles. The number of carbonyl (C=O) groups is 1. The van der Waals surface area contributed by atoms with Gasteiger partial charge in [-0.3, -0.25) is 4.79 Å². The van der Waals surface area contributed by atoms with Crippen LogP contribution in [0.1, 0.15) is 25.8 Å². The Morgan fingerprint density at radius 3 is 2.38 bits per heavy atom. The lowest BCUT2D eigenvalue weighted by molar-refractivity contribution is -0.141. The molecule has 0 heterocycles. The lowest BCUT2D eigenvalue weighted by Gasteiger charge is -2.16. The van der Waals surface area contributed by atoms with Gasteiger partial charge < -0.3 is 5.11 Å². The summed E-state index contributed by atoms with van der Waals surface area (Å²) in [6.07, 6.45) is 0.329. The molecule has 1 aliphatic carbocycles. The Balaban J connectivity index is 2.59. The molecule has 1 unspecified atom stereocenters. The summed E-state index contributed by atoms with van der Waals surface area (Å²) in [6.45, 7) is 3.48. The molecule has 0 aliphatic heterocycles. The number of hydrogen-bond acceptors (Lipinski definition) is 1. The van der Waals surface area contributed by atoms with E-state index in [9.17, 15) is 18.7 Å². The van der Waals surface area contributed by atoms with Crippen molar-refractivity contribution in [3.05, 3.63) is 35.4 Å². The van der Waals surface area contributed by atoms with Crippen LogP contribution in [0.3, 0.4) is 0 Å². The number of rotatable bonds is 2. The lowest BCUT2D eigenvalue weighted by atomic mass is 9.87. The zero-order valence-electron chi connectivity index (χ0n) is 9.05. The van der Waals surface area contributed by atoms with Gasteiger partial charge in [-0.05, 0) is 30.0 Å². The molecule has 1 N–H and O–H groups in total. The summed E-state index contributed by atoms with van der Waals surface area (Å²) in [6, 6.07) is 2.95. The third-order valence-corrected chi connectivity index (χ3v) is 3.49. The molecule has 1 aromatic carbocycles. The van der Waals surface area contributed by atoms with Crippen molar-refractivity contribution < 1.29 is 18.7 Å². The van der Waals surface area contributed by atoms with Crippen LogP contribution in [-0.2, 0) is 10.2 Å². The zero-order chi connectivity index (χ0) is 12.1. The third kappa shape index (κ3) is 1.25. The van der Waals surface area contributed by atoms with E-state index in [0.29, 0.717) is 6.42 Å². The van der Waals surface area contributed by atoms with Gasteiger partial charge in [0.05, 0.1) is 0 Å². The minimum atomic E-state index is -1.28. The fourth-order valence-electron chi connectivity index (χ4n) is 2.38. The summed E-state index contributed by atoms with van der Waals surface area (Å²) in [5.41, 5.74) is -1.86. The average Bonchev–Trinajstić information content (AvgIpc) is 2.75. The van der Waals surface area contributed by atoms with E-state index in [-0.39, 0.29) is 5.56 Å². The summed E-state index contributed by atoms with van der Waals surface area (Å²) in [4.78, 5) is 11.3. The van der Waals surface area contributed by atoms with Gasteiger partial charge in [-0.25, -0.2) is 8.78 Å². The van der Waals surface area contributed by atoms with Crippen LogP contribution in [0.5, 0.6) is 0 Å². The van der Waals surface area contributed by atoms with Gasteiger partial charge in [-0.2, -0.15) is 0 Å². The predicted octanol–water partition coefficient (Wildman–Crippen LogP) is 2.72. The second-order valence-corrected chi connectivity index (χ2v) is 4.90. The van der Waals surface area contributed by atoms with Gasteiger partial charge in [-0.1, -0.05) is 13.8 Å². The molecule has 1 fully saturated rings. The molecule has 2 nitrogen and oxygen atoms in total. The van der Waals surface area contributed by atoms with Crippen LogP contribution < -0.4 is 0 Å². The van der Waals surface area contributed by atoms with Crippen LogP contribution in [0.25, 0.3) is 0 Å². The van der Waals surface area contributed by atoms with E-state index in [0.717, 1.165) is 18.2 Å². The fraction of sp³-hybridized carbons (Fsp3) is 0.417. The fourth-order valence-corrected chi connectivity index (χ4v) is 2.38. The molecule has 2 rings (SSSR count). The van der Waals surface area contributed by atoms with Gasteiger partial charge in [-0.15, -0.1) is 0 Å². The largest absolute Gasteiger partial charge is 0.481 e. The highest BCUT2D eigenvalue weighted by Gasteiger charge is 2.68. The summed E-state index contributed by atoms with van der Waals surface area (Å²) >= 11 is 0. The summed E-state index contributed by atoms with van der Waals surface area (Å²) < 4.78 is 26.6. The Morgan fingerprint density at radius 2 is 1.94 bits per heavy atom. The molecule has 0 radical (unpaired) electrons. The van der Waals surface area contributed by atoms with Crippen LogP contribution >= 0.6 is 0 Å². The molecule has 1 saturated carbocycles. The Hall–Kier alpha value is -1.45. The highest BCUT2D eigenvalue weighted by molar-refractivity contribution is 5.87. The standard InChI is InChI=1S/C12H12F2O2/c1-11(2)6-12(11,10(15)16)8-5-7(13)3-4-9(8)14/h3-5H,6H2,1-2H3,(H,15,16). The van der Waals surface area contributed by atoms with E-state index in [1.54, 1.807) is 13.8 Å². The van der Waals surface area contributed by atoms with E-state index < -0.39 is 28.4 Å². The van der Waals surface area contributed by atoms with E-state index in [1.165, 1.54) is 0 Å². The molecule has 1 aromatic rings. The van der Waals surface area contributed by atoms with Gasteiger partial charge >= 0.3 is 5.97 Å². The first-order valence-corrected chi connectivity index (χ1v) is 5.00. The Labute approximate surface area is 91.9 Å². The average molecular weight is 226 g/mol. The number of aliphatic carboxylic acids is 1. The summed E-state index contributed by atoms with van der Waals surface area (Å²) in [5, 5.41) is 9.22. The number of carboxylic acids is 1.